The fraction of sp³-hybridized carbons (Fsp3) is 0.296. The maximum absolute atomic E-state index is 13.8. The van der Waals surface area contributed by atoms with Crippen molar-refractivity contribution in [3.8, 4) is 11.4 Å². The fourth-order valence-corrected chi connectivity index (χ4v) is 5.40. The van der Waals surface area contributed by atoms with Crippen LogP contribution in [0.5, 0.6) is 0 Å². The molecule has 0 spiro atoms. The number of benzene rings is 2. The quantitative estimate of drug-likeness (QED) is 0.355. The highest BCUT2D eigenvalue weighted by atomic mass is 32.1. The van der Waals surface area contributed by atoms with Crippen LogP contribution in [0.2, 0.25) is 0 Å². The molecule has 0 bridgehead atoms. The van der Waals surface area contributed by atoms with Crippen LogP contribution in [0, 0.1) is 5.82 Å². The number of carbonyl (C=O) groups is 2. The number of halogens is 1. The van der Waals surface area contributed by atoms with E-state index in [9.17, 15) is 14.0 Å². The Balaban J connectivity index is 1.42. The van der Waals surface area contributed by atoms with Crippen molar-refractivity contribution in [2.45, 2.75) is 50.9 Å². The lowest BCUT2D eigenvalue weighted by atomic mass is 10.1. The fourth-order valence-electron chi connectivity index (χ4n) is 4.56. The summed E-state index contributed by atoms with van der Waals surface area (Å²) in [6, 6.07) is 18.4. The Hall–Kier alpha value is -3.92. The first kappa shape index (κ1) is 24.8. The minimum atomic E-state index is -0.784. The molecule has 1 saturated carbocycles. The summed E-state index contributed by atoms with van der Waals surface area (Å²) in [6.07, 6.45) is 4.08. The number of aromatic nitrogens is 4. The second-order valence-electron chi connectivity index (χ2n) is 9.07. The molecule has 1 aliphatic rings. The zero-order valence-corrected chi connectivity index (χ0v) is 21.0. The van der Waals surface area contributed by atoms with Crippen molar-refractivity contribution in [3.63, 3.8) is 0 Å². The van der Waals surface area contributed by atoms with Gasteiger partial charge in [0.15, 0.2) is 0 Å². The number of amides is 2. The number of nitrogens with zero attached hydrogens (tertiary/aromatic N) is 5. The molecule has 10 heteroatoms. The highest BCUT2D eigenvalue weighted by Crippen LogP contribution is 2.29. The summed E-state index contributed by atoms with van der Waals surface area (Å²) in [5.41, 5.74) is 1.50. The van der Waals surface area contributed by atoms with Gasteiger partial charge in [-0.1, -0.05) is 49.2 Å². The molecule has 0 aliphatic heterocycles. The summed E-state index contributed by atoms with van der Waals surface area (Å²) in [5.74, 6) is -0.571. The number of thiophene rings is 1. The second kappa shape index (κ2) is 11.4. The standard InChI is InChI=1S/C27H27FN6O2S/c28-21-14-12-20(13-15-21)26-30-32-34(31-26)18-24(35)33(17-19-7-2-1-3-8-19)25(23-11-6-16-37-23)27(36)29-22-9-4-5-10-22/h1-3,6-8,11-16,22,25H,4-5,9-10,17-18H2,(H,29,36)/t25-/m0/s1. The van der Waals surface area contributed by atoms with Crippen molar-refractivity contribution in [3.05, 3.63) is 88.4 Å². The average Bonchev–Trinajstić information content (AvgIpc) is 3.69. The number of nitrogens with one attached hydrogen (secondary N) is 1. The van der Waals surface area contributed by atoms with Gasteiger partial charge in [-0.25, -0.2) is 4.39 Å². The Bertz CT molecular complexity index is 1320. The van der Waals surface area contributed by atoms with Gasteiger partial charge in [0.1, 0.15) is 18.4 Å². The molecule has 4 aromatic rings. The first-order valence-corrected chi connectivity index (χ1v) is 13.2. The van der Waals surface area contributed by atoms with Crippen LogP contribution in [0.15, 0.2) is 72.1 Å². The Labute approximate surface area is 218 Å². The van der Waals surface area contributed by atoms with Crippen LogP contribution in [0.1, 0.15) is 42.2 Å². The zero-order valence-electron chi connectivity index (χ0n) is 20.2. The summed E-state index contributed by atoms with van der Waals surface area (Å²) < 4.78 is 13.3. The van der Waals surface area contributed by atoms with Gasteiger partial charge >= 0.3 is 0 Å². The molecule has 1 N–H and O–H groups in total. The molecule has 2 aromatic heterocycles. The monoisotopic (exact) mass is 518 g/mol. The molecule has 190 valence electrons. The van der Waals surface area contributed by atoms with Crippen molar-refractivity contribution >= 4 is 23.2 Å². The van der Waals surface area contributed by atoms with E-state index in [1.807, 2.05) is 47.8 Å². The van der Waals surface area contributed by atoms with Crippen molar-refractivity contribution < 1.29 is 14.0 Å². The molecule has 8 nitrogen and oxygen atoms in total. The van der Waals surface area contributed by atoms with E-state index >= 15 is 0 Å². The van der Waals surface area contributed by atoms with E-state index in [0.717, 1.165) is 36.1 Å². The lowest BCUT2D eigenvalue weighted by Crippen LogP contribution is -2.46. The highest BCUT2D eigenvalue weighted by molar-refractivity contribution is 7.10. The smallest absolute Gasteiger partial charge is 0.248 e. The van der Waals surface area contributed by atoms with E-state index in [0.29, 0.717) is 5.56 Å². The lowest BCUT2D eigenvalue weighted by molar-refractivity contribution is -0.142. The van der Waals surface area contributed by atoms with Crippen LogP contribution >= 0.6 is 11.3 Å². The number of carbonyl (C=O) groups excluding carboxylic acids is 2. The summed E-state index contributed by atoms with van der Waals surface area (Å²) in [5, 5.41) is 17.5. The summed E-state index contributed by atoms with van der Waals surface area (Å²) >= 11 is 1.45. The maximum atomic E-state index is 13.8. The van der Waals surface area contributed by atoms with Crippen LogP contribution in [0.3, 0.4) is 0 Å². The Kier molecular flexibility index (Phi) is 7.65. The molecule has 0 unspecified atom stereocenters. The summed E-state index contributed by atoms with van der Waals surface area (Å²) in [7, 11) is 0. The number of tetrazole rings is 1. The van der Waals surface area contributed by atoms with E-state index in [-0.39, 0.29) is 42.6 Å². The van der Waals surface area contributed by atoms with Gasteiger partial charge in [0.2, 0.25) is 17.6 Å². The predicted molar refractivity (Wildman–Crippen MR) is 138 cm³/mol. The van der Waals surface area contributed by atoms with Crippen LogP contribution in [-0.2, 0) is 22.7 Å². The molecule has 2 aromatic carbocycles. The second-order valence-corrected chi connectivity index (χ2v) is 10.0. The van der Waals surface area contributed by atoms with Gasteiger partial charge in [-0.15, -0.1) is 21.5 Å². The van der Waals surface area contributed by atoms with Crippen LogP contribution in [-0.4, -0.2) is 43.0 Å². The van der Waals surface area contributed by atoms with Gasteiger partial charge in [0.25, 0.3) is 0 Å². The highest BCUT2D eigenvalue weighted by Gasteiger charge is 2.34. The Morgan fingerprint density at radius 2 is 1.81 bits per heavy atom. The minimum Gasteiger partial charge on any atom is -0.351 e. The predicted octanol–water partition coefficient (Wildman–Crippen LogP) is 4.37. The zero-order chi connectivity index (χ0) is 25.6. The first-order valence-electron chi connectivity index (χ1n) is 12.3. The van der Waals surface area contributed by atoms with Crippen molar-refractivity contribution in [1.82, 2.24) is 30.4 Å². The third-order valence-corrected chi connectivity index (χ3v) is 7.35. The topological polar surface area (TPSA) is 93.0 Å². The largest absolute Gasteiger partial charge is 0.351 e. The van der Waals surface area contributed by atoms with Crippen molar-refractivity contribution in [2.24, 2.45) is 0 Å². The lowest BCUT2D eigenvalue weighted by Gasteiger charge is -2.31. The maximum Gasteiger partial charge on any atom is 0.248 e. The minimum absolute atomic E-state index is 0.124. The third-order valence-electron chi connectivity index (χ3n) is 6.42. The number of hydrogen-bond acceptors (Lipinski definition) is 6. The van der Waals surface area contributed by atoms with Gasteiger partial charge < -0.3 is 10.2 Å². The average molecular weight is 519 g/mol. The molecule has 37 heavy (non-hydrogen) atoms. The Morgan fingerprint density at radius 1 is 1.05 bits per heavy atom. The SMILES string of the molecule is O=C(NC1CCCC1)[C@H](c1cccs1)N(Cc1ccccc1)C(=O)Cn1nnc(-c2ccc(F)cc2)n1. The molecule has 0 saturated heterocycles. The Morgan fingerprint density at radius 3 is 2.51 bits per heavy atom. The van der Waals surface area contributed by atoms with Gasteiger partial charge in [-0.3, -0.25) is 9.59 Å². The van der Waals surface area contributed by atoms with E-state index in [4.69, 9.17) is 0 Å². The van der Waals surface area contributed by atoms with E-state index in [1.165, 1.54) is 28.3 Å². The normalized spacial score (nSPS) is 14.4. The molecule has 2 amide bonds. The van der Waals surface area contributed by atoms with Gasteiger partial charge in [-0.05, 0) is 59.3 Å². The van der Waals surface area contributed by atoms with Gasteiger partial charge in [0, 0.05) is 23.0 Å². The van der Waals surface area contributed by atoms with Crippen molar-refractivity contribution in [2.75, 3.05) is 0 Å². The molecular formula is C27H27FN6O2S. The summed E-state index contributed by atoms with van der Waals surface area (Å²) in [4.78, 5) is 31.0. The molecule has 1 atom stereocenters. The molecule has 1 aliphatic carbocycles. The van der Waals surface area contributed by atoms with Crippen LogP contribution in [0.25, 0.3) is 11.4 Å². The summed E-state index contributed by atoms with van der Waals surface area (Å²) in [6.45, 7) is 0.0550. The van der Waals surface area contributed by atoms with E-state index in [1.54, 1.807) is 17.0 Å². The number of rotatable bonds is 9. The van der Waals surface area contributed by atoms with Crippen molar-refractivity contribution in [1.29, 1.82) is 0 Å². The van der Waals surface area contributed by atoms with Crippen LogP contribution in [0.4, 0.5) is 4.39 Å². The molecule has 2 heterocycles. The molecule has 0 radical (unpaired) electrons. The molecule has 1 fully saturated rings. The third kappa shape index (κ3) is 6.08. The van der Waals surface area contributed by atoms with E-state index < -0.39 is 6.04 Å². The number of hydrogen-bond donors (Lipinski definition) is 1. The molecule has 5 rings (SSSR count). The molecular weight excluding hydrogens is 491 g/mol. The van der Waals surface area contributed by atoms with Crippen LogP contribution < -0.4 is 5.32 Å². The van der Waals surface area contributed by atoms with Gasteiger partial charge in [0.05, 0.1) is 0 Å². The first-order chi connectivity index (χ1) is 18.1. The van der Waals surface area contributed by atoms with Gasteiger partial charge in [-0.2, -0.15) is 4.80 Å². The van der Waals surface area contributed by atoms with E-state index in [2.05, 4.69) is 20.7 Å².